The zero-order valence-corrected chi connectivity index (χ0v) is 49.9. The number of nitrogens with zero attached hydrogens (tertiary/aromatic N) is 5. The number of thiazole rings is 1. The van der Waals surface area contributed by atoms with E-state index in [0.717, 1.165) is 78.2 Å². The van der Waals surface area contributed by atoms with Gasteiger partial charge in [0.05, 0.1) is 33.9 Å². The van der Waals surface area contributed by atoms with Gasteiger partial charge in [-0.15, -0.1) is 107 Å². The van der Waals surface area contributed by atoms with Gasteiger partial charge in [-0.2, -0.15) is 11.3 Å². The molecule has 0 unspecified atom stereocenters. The second-order valence-electron chi connectivity index (χ2n) is 20.5. The second-order valence-corrected chi connectivity index (χ2v) is 21.6. The van der Waals surface area contributed by atoms with E-state index in [1.807, 2.05) is 91.9 Å². The van der Waals surface area contributed by atoms with Gasteiger partial charge in [-0.05, 0) is 111 Å². The average Bonchev–Trinajstić information content (AvgIpc) is 3.62. The van der Waals surface area contributed by atoms with Crippen LogP contribution in [-0.2, 0) is 32.9 Å². The fourth-order valence-electron chi connectivity index (χ4n) is 10.6. The van der Waals surface area contributed by atoms with Crippen molar-refractivity contribution in [2.45, 2.75) is 66.2 Å². The van der Waals surface area contributed by atoms with Crippen molar-refractivity contribution >= 4 is 43.4 Å². The molecule has 10 aromatic carbocycles. The fraction of sp³-hybridized carbons (Fsp3) is 0.133. The maximum Gasteiger partial charge on any atom is 3.00 e. The van der Waals surface area contributed by atoms with E-state index >= 15 is 0 Å². The van der Waals surface area contributed by atoms with Crippen molar-refractivity contribution in [2.75, 3.05) is 0 Å². The van der Waals surface area contributed by atoms with Gasteiger partial charge in [0, 0.05) is 31.7 Å². The Morgan fingerprint density at radius 2 is 0.902 bits per heavy atom. The molecule has 7 heteroatoms. The first-order valence-electron chi connectivity index (χ1n) is 27.9. The van der Waals surface area contributed by atoms with Crippen LogP contribution >= 0.6 is 11.3 Å². The summed E-state index contributed by atoms with van der Waals surface area (Å²) in [5, 5.41) is 3.21. The normalized spacial score (nSPS) is 10.9. The third kappa shape index (κ3) is 13.9. The van der Waals surface area contributed by atoms with Gasteiger partial charge in [0.25, 0.3) is 0 Å². The molecule has 0 spiro atoms. The maximum atomic E-state index is 5.09. The quantitative estimate of drug-likeness (QED) is 0.0850. The molecule has 5 nitrogen and oxygen atoms in total. The Morgan fingerprint density at radius 1 is 0.378 bits per heavy atom. The minimum atomic E-state index is 0. The first-order chi connectivity index (χ1) is 39.8. The SMILES string of the molecule is Cc1cc(C)c(-c2nc(-c3[c-]ccc(-c4ccccc4)c3)nc3ccccc23)c(C)c1.Cc1nc(-c2[c-]ccc(-c3cccc(CCCCCCc4ccccc4)c3)c2)nc2ccccc12.[Ir+3].[c-]1ccccc1-c1nc2ccccc2s1. The first kappa shape index (κ1) is 56.7. The van der Waals surface area contributed by atoms with Gasteiger partial charge in [-0.1, -0.05) is 164 Å². The molecule has 82 heavy (non-hydrogen) atoms. The molecule has 0 bridgehead atoms. The van der Waals surface area contributed by atoms with Crippen LogP contribution in [0.25, 0.3) is 98.9 Å². The molecule has 13 rings (SSSR count). The molecule has 0 N–H and O–H groups in total. The Labute approximate surface area is 500 Å². The van der Waals surface area contributed by atoms with Crippen LogP contribution in [0, 0.1) is 45.9 Å². The maximum absolute atomic E-state index is 5.09. The first-order valence-corrected chi connectivity index (χ1v) is 28.8. The van der Waals surface area contributed by atoms with Gasteiger partial charge in [0.1, 0.15) is 0 Å². The summed E-state index contributed by atoms with van der Waals surface area (Å²) in [6.07, 6.45) is 7.37. The molecule has 0 saturated heterocycles. The molecule has 0 radical (unpaired) electrons. The largest absolute Gasteiger partial charge is 3.00 e. The Hall–Kier alpha value is -8.58. The predicted molar refractivity (Wildman–Crippen MR) is 339 cm³/mol. The summed E-state index contributed by atoms with van der Waals surface area (Å²) in [5.74, 6) is 1.43. The summed E-state index contributed by atoms with van der Waals surface area (Å²) in [6, 6.07) is 89.4. The van der Waals surface area contributed by atoms with Gasteiger partial charge in [-0.25, -0.2) is 0 Å². The Balaban J connectivity index is 0.000000146. The number of aromatic nitrogens is 5. The zero-order chi connectivity index (χ0) is 55.3. The number of hydrogen-bond acceptors (Lipinski definition) is 6. The van der Waals surface area contributed by atoms with Crippen LogP contribution in [0.4, 0.5) is 0 Å². The van der Waals surface area contributed by atoms with Crippen molar-refractivity contribution in [3.05, 3.63) is 282 Å². The van der Waals surface area contributed by atoms with E-state index in [0.29, 0.717) is 5.82 Å². The number of para-hydroxylation sites is 3. The molecule has 0 aliphatic rings. The number of unbranched alkanes of at least 4 members (excludes halogenated alkanes) is 3. The van der Waals surface area contributed by atoms with Crippen molar-refractivity contribution in [3.63, 3.8) is 0 Å². The minimum Gasteiger partial charge on any atom is -0.285 e. The predicted octanol–water partition coefficient (Wildman–Crippen LogP) is 19.5. The van der Waals surface area contributed by atoms with Crippen LogP contribution in [0.5, 0.6) is 0 Å². The summed E-state index contributed by atoms with van der Waals surface area (Å²) >= 11 is 1.71. The molecule has 0 fully saturated rings. The third-order valence-electron chi connectivity index (χ3n) is 14.5. The van der Waals surface area contributed by atoms with Crippen LogP contribution in [0.15, 0.2) is 231 Å². The summed E-state index contributed by atoms with van der Waals surface area (Å²) in [7, 11) is 0. The number of hydrogen-bond donors (Lipinski definition) is 0. The van der Waals surface area contributed by atoms with E-state index in [2.05, 4.69) is 190 Å². The van der Waals surface area contributed by atoms with Crippen LogP contribution in [0.1, 0.15) is 59.2 Å². The molecule has 3 heterocycles. The van der Waals surface area contributed by atoms with Gasteiger partial charge in [0.15, 0.2) is 0 Å². The molecule has 13 aromatic rings. The Morgan fingerprint density at radius 3 is 1.57 bits per heavy atom. The molecule has 0 aliphatic heterocycles. The molecule has 402 valence electrons. The van der Waals surface area contributed by atoms with Crippen molar-refractivity contribution in [3.8, 4) is 66.9 Å². The molecule has 0 saturated carbocycles. The topological polar surface area (TPSA) is 64.5 Å². The summed E-state index contributed by atoms with van der Waals surface area (Å²) in [4.78, 5) is 24.1. The molecule has 0 aliphatic carbocycles. The van der Waals surface area contributed by atoms with E-state index in [-0.39, 0.29) is 20.1 Å². The van der Waals surface area contributed by atoms with Crippen LogP contribution in [0.3, 0.4) is 0 Å². The number of aryl methyl sites for hydroxylation is 6. The zero-order valence-electron chi connectivity index (χ0n) is 46.7. The van der Waals surface area contributed by atoms with Crippen molar-refractivity contribution in [1.29, 1.82) is 0 Å². The van der Waals surface area contributed by atoms with Crippen LogP contribution in [-0.4, -0.2) is 24.9 Å². The van der Waals surface area contributed by atoms with Gasteiger partial charge in [0.2, 0.25) is 0 Å². The van der Waals surface area contributed by atoms with Crippen molar-refractivity contribution in [1.82, 2.24) is 24.9 Å². The second kappa shape index (κ2) is 27.3. The van der Waals surface area contributed by atoms with Crippen molar-refractivity contribution < 1.29 is 20.1 Å². The van der Waals surface area contributed by atoms with Crippen molar-refractivity contribution in [2.24, 2.45) is 0 Å². The molecule has 0 amide bonds. The van der Waals surface area contributed by atoms with E-state index in [1.54, 1.807) is 11.3 Å². The molecular weight excluding hydrogens is 1200 g/mol. The van der Waals surface area contributed by atoms with Gasteiger partial charge >= 0.3 is 20.1 Å². The van der Waals surface area contributed by atoms with E-state index in [9.17, 15) is 0 Å². The van der Waals surface area contributed by atoms with E-state index in [4.69, 9.17) is 19.9 Å². The molecular formula is C75H62IrN5S. The fourth-order valence-corrected chi connectivity index (χ4v) is 11.5. The van der Waals surface area contributed by atoms with E-state index in [1.165, 1.54) is 86.9 Å². The Bertz CT molecular complexity index is 4180. The van der Waals surface area contributed by atoms with Crippen LogP contribution < -0.4 is 0 Å². The number of rotatable bonds is 13. The monoisotopic (exact) mass is 1260 g/mol. The number of fused-ring (bicyclic) bond motifs is 3. The Kier molecular flexibility index (Phi) is 18.8. The third-order valence-corrected chi connectivity index (χ3v) is 15.6. The van der Waals surface area contributed by atoms with Gasteiger partial charge in [-0.3, -0.25) is 24.9 Å². The summed E-state index contributed by atoms with van der Waals surface area (Å²) < 4.78 is 1.23. The summed E-state index contributed by atoms with van der Waals surface area (Å²) in [6.45, 7) is 8.50. The standard InChI is InChI=1S/C33H31N2.C29H23N2.C13H8NS.Ir/c1-25-31-21-9-10-22-32(31)35-33(34-25)30-20-12-19-29(24-30)28-18-11-17-27(23-28)16-6-3-2-5-13-26-14-7-4-8-15-26;1-19-16-20(2)27(21(3)17-19)28-25-14-7-8-15-26(25)30-29(31-28)24-13-9-12-23(18-24)22-10-5-4-6-11-22;1-2-6-10(7-3-1)13-14-11-8-4-5-9-12(11)15-13;/h4,7-12,14-15,17-19,21-24H,2-3,5-6,13,16H2,1H3;4-12,14-18H,1-3H3;1-6,8-9H;/q3*-1;+3. The van der Waals surface area contributed by atoms with E-state index < -0.39 is 0 Å². The number of benzene rings is 10. The van der Waals surface area contributed by atoms with Crippen LogP contribution in [0.2, 0.25) is 0 Å². The summed E-state index contributed by atoms with van der Waals surface area (Å²) in [5.41, 5.74) is 20.3. The minimum absolute atomic E-state index is 0. The average molecular weight is 1260 g/mol. The molecule has 0 atom stereocenters. The van der Waals surface area contributed by atoms with Gasteiger partial charge < -0.3 is 0 Å². The molecule has 3 aromatic heterocycles. The smallest absolute Gasteiger partial charge is 0.285 e.